The Bertz CT molecular complexity index is 813. The number of carbonyl (C=O) groups is 1. The normalized spacial score (nSPS) is 12.4. The molecule has 1 aliphatic heterocycles. The van der Waals surface area contributed by atoms with Gasteiger partial charge in [0.05, 0.1) is 7.11 Å². The van der Waals surface area contributed by atoms with Crippen LogP contribution in [0.25, 0.3) is 6.08 Å². The fourth-order valence-corrected chi connectivity index (χ4v) is 2.66. The molecule has 5 nitrogen and oxygen atoms in total. The smallest absolute Gasteiger partial charge is 0.246 e. The molecule has 0 unspecified atom stereocenters. The van der Waals surface area contributed by atoms with Crippen molar-refractivity contribution in [3.63, 3.8) is 0 Å². The molecule has 0 spiro atoms. The summed E-state index contributed by atoms with van der Waals surface area (Å²) in [5, 5.41) is 0. The second kappa shape index (κ2) is 7.30. The van der Waals surface area contributed by atoms with Crippen molar-refractivity contribution in [1.29, 1.82) is 0 Å². The van der Waals surface area contributed by atoms with Crippen LogP contribution in [-0.4, -0.2) is 31.8 Å². The van der Waals surface area contributed by atoms with Gasteiger partial charge >= 0.3 is 0 Å². The highest BCUT2D eigenvalue weighted by atomic mass is 16.7. The quantitative estimate of drug-likeness (QED) is 0.784. The SMILES string of the molecule is COc1ccc(C)cc1/C=C/C(=O)N(C)Cc1ccc2c(c1)OCO2. The fraction of sp³-hybridized carbons (Fsp3) is 0.250. The van der Waals surface area contributed by atoms with Crippen LogP contribution in [0.15, 0.2) is 42.5 Å². The van der Waals surface area contributed by atoms with E-state index in [-0.39, 0.29) is 12.7 Å². The Hall–Kier alpha value is -2.95. The van der Waals surface area contributed by atoms with Crippen molar-refractivity contribution in [2.45, 2.75) is 13.5 Å². The minimum Gasteiger partial charge on any atom is -0.496 e. The van der Waals surface area contributed by atoms with Crippen LogP contribution in [0.4, 0.5) is 0 Å². The summed E-state index contributed by atoms with van der Waals surface area (Å²) in [4.78, 5) is 14.0. The highest BCUT2D eigenvalue weighted by Crippen LogP contribution is 2.32. The van der Waals surface area contributed by atoms with Crippen LogP contribution >= 0.6 is 0 Å². The van der Waals surface area contributed by atoms with Gasteiger partial charge in [0.2, 0.25) is 12.7 Å². The van der Waals surface area contributed by atoms with Crippen LogP contribution in [0.2, 0.25) is 0 Å². The number of benzene rings is 2. The lowest BCUT2D eigenvalue weighted by Crippen LogP contribution is -2.24. The molecule has 5 heteroatoms. The number of ether oxygens (including phenoxy) is 3. The molecule has 130 valence electrons. The first-order valence-corrected chi connectivity index (χ1v) is 8.03. The summed E-state index contributed by atoms with van der Waals surface area (Å²) in [6, 6.07) is 11.6. The summed E-state index contributed by atoms with van der Waals surface area (Å²) in [7, 11) is 3.39. The Morgan fingerprint density at radius 2 is 2.00 bits per heavy atom. The number of methoxy groups -OCH3 is 1. The molecular formula is C20H21NO4. The van der Waals surface area contributed by atoms with Crippen LogP contribution < -0.4 is 14.2 Å². The van der Waals surface area contributed by atoms with Gasteiger partial charge in [-0.25, -0.2) is 0 Å². The van der Waals surface area contributed by atoms with Crippen molar-refractivity contribution >= 4 is 12.0 Å². The standard InChI is InChI=1S/C20H21NO4/c1-14-4-7-17(23-3)16(10-14)6-9-20(22)21(2)12-15-5-8-18-19(11-15)25-13-24-18/h4-11H,12-13H2,1-3H3/b9-6+. The summed E-state index contributed by atoms with van der Waals surface area (Å²) < 4.78 is 16.0. The third kappa shape index (κ3) is 3.94. The number of fused-ring (bicyclic) bond motifs is 1. The zero-order chi connectivity index (χ0) is 17.8. The van der Waals surface area contributed by atoms with Crippen molar-refractivity contribution in [3.8, 4) is 17.2 Å². The third-order valence-electron chi connectivity index (χ3n) is 4.02. The Balaban J connectivity index is 1.67. The topological polar surface area (TPSA) is 48.0 Å². The maximum absolute atomic E-state index is 12.4. The molecule has 1 aliphatic rings. The van der Waals surface area contributed by atoms with Crippen molar-refractivity contribution in [1.82, 2.24) is 4.90 Å². The number of nitrogens with zero attached hydrogens (tertiary/aromatic N) is 1. The second-order valence-corrected chi connectivity index (χ2v) is 5.96. The van der Waals surface area contributed by atoms with Crippen LogP contribution in [-0.2, 0) is 11.3 Å². The van der Waals surface area contributed by atoms with E-state index in [1.54, 1.807) is 31.2 Å². The largest absolute Gasteiger partial charge is 0.496 e. The van der Waals surface area contributed by atoms with E-state index in [1.807, 2.05) is 43.3 Å². The number of rotatable bonds is 5. The molecule has 0 saturated heterocycles. The molecule has 0 N–H and O–H groups in total. The minimum atomic E-state index is -0.0822. The van der Waals surface area contributed by atoms with Gasteiger partial charge in [-0.2, -0.15) is 0 Å². The number of aryl methyl sites for hydroxylation is 1. The Morgan fingerprint density at radius 3 is 2.80 bits per heavy atom. The fourth-order valence-electron chi connectivity index (χ4n) is 2.66. The lowest BCUT2D eigenvalue weighted by atomic mass is 10.1. The van der Waals surface area contributed by atoms with Gasteiger partial charge in [-0.05, 0) is 42.8 Å². The van der Waals surface area contributed by atoms with Gasteiger partial charge in [0.15, 0.2) is 11.5 Å². The number of carbonyl (C=O) groups excluding carboxylic acids is 1. The van der Waals surface area contributed by atoms with Gasteiger partial charge in [-0.15, -0.1) is 0 Å². The van der Waals surface area contributed by atoms with Crippen molar-refractivity contribution in [3.05, 3.63) is 59.2 Å². The Morgan fingerprint density at radius 1 is 1.20 bits per heavy atom. The average Bonchev–Trinajstić information content (AvgIpc) is 3.07. The summed E-state index contributed by atoms with van der Waals surface area (Å²) in [5.74, 6) is 2.12. The monoisotopic (exact) mass is 339 g/mol. The Labute approximate surface area is 147 Å². The number of amides is 1. The molecule has 0 fully saturated rings. The maximum atomic E-state index is 12.4. The summed E-state index contributed by atoms with van der Waals surface area (Å²) in [6.07, 6.45) is 3.34. The molecule has 0 radical (unpaired) electrons. The van der Waals surface area contributed by atoms with Crippen molar-refractivity contribution < 1.29 is 19.0 Å². The highest BCUT2D eigenvalue weighted by Gasteiger charge is 2.14. The zero-order valence-corrected chi connectivity index (χ0v) is 14.6. The molecule has 2 aromatic carbocycles. The molecule has 0 saturated carbocycles. The van der Waals surface area contributed by atoms with Gasteiger partial charge in [0.25, 0.3) is 0 Å². The van der Waals surface area contributed by atoms with E-state index in [9.17, 15) is 4.79 Å². The predicted molar refractivity (Wildman–Crippen MR) is 95.8 cm³/mol. The molecule has 0 atom stereocenters. The van der Waals surface area contributed by atoms with E-state index in [0.29, 0.717) is 6.54 Å². The van der Waals surface area contributed by atoms with Gasteiger partial charge in [-0.3, -0.25) is 4.79 Å². The van der Waals surface area contributed by atoms with Crippen LogP contribution in [0.5, 0.6) is 17.2 Å². The van der Waals surface area contributed by atoms with E-state index >= 15 is 0 Å². The number of hydrogen-bond acceptors (Lipinski definition) is 4. The van der Waals surface area contributed by atoms with Gasteiger partial charge < -0.3 is 19.1 Å². The van der Waals surface area contributed by atoms with Crippen molar-refractivity contribution in [2.75, 3.05) is 21.0 Å². The zero-order valence-electron chi connectivity index (χ0n) is 14.6. The lowest BCUT2D eigenvalue weighted by Gasteiger charge is -2.15. The van der Waals surface area contributed by atoms with Gasteiger partial charge in [-0.1, -0.05) is 17.7 Å². The van der Waals surface area contributed by atoms with E-state index in [0.717, 1.165) is 33.9 Å². The third-order valence-corrected chi connectivity index (χ3v) is 4.02. The van der Waals surface area contributed by atoms with E-state index < -0.39 is 0 Å². The summed E-state index contributed by atoms with van der Waals surface area (Å²) in [5.41, 5.74) is 2.98. The average molecular weight is 339 g/mol. The molecule has 2 aromatic rings. The molecular weight excluding hydrogens is 318 g/mol. The summed E-state index contributed by atoms with van der Waals surface area (Å²) >= 11 is 0. The first-order valence-electron chi connectivity index (χ1n) is 8.03. The highest BCUT2D eigenvalue weighted by molar-refractivity contribution is 5.92. The van der Waals surface area contributed by atoms with E-state index in [1.165, 1.54) is 0 Å². The molecule has 3 rings (SSSR count). The van der Waals surface area contributed by atoms with E-state index in [4.69, 9.17) is 14.2 Å². The van der Waals surface area contributed by atoms with Crippen molar-refractivity contribution in [2.24, 2.45) is 0 Å². The molecule has 0 bridgehead atoms. The molecule has 1 amide bonds. The van der Waals surface area contributed by atoms with E-state index in [2.05, 4.69) is 0 Å². The first kappa shape index (κ1) is 16.9. The maximum Gasteiger partial charge on any atom is 0.246 e. The van der Waals surface area contributed by atoms with Crippen LogP contribution in [0, 0.1) is 6.92 Å². The number of likely N-dealkylation sites (N-methyl/N-ethyl adjacent to an activating group) is 1. The number of hydrogen-bond donors (Lipinski definition) is 0. The Kier molecular flexibility index (Phi) is 4.93. The predicted octanol–water partition coefficient (Wildman–Crippen LogP) is 3.40. The molecule has 0 aliphatic carbocycles. The van der Waals surface area contributed by atoms with Crippen LogP contribution in [0.1, 0.15) is 16.7 Å². The van der Waals surface area contributed by atoms with Gasteiger partial charge in [0.1, 0.15) is 5.75 Å². The molecule has 25 heavy (non-hydrogen) atoms. The first-order chi connectivity index (χ1) is 12.1. The second-order valence-electron chi connectivity index (χ2n) is 5.96. The van der Waals surface area contributed by atoms with Crippen LogP contribution in [0.3, 0.4) is 0 Å². The molecule has 1 heterocycles. The van der Waals surface area contributed by atoms with Gasteiger partial charge in [0, 0.05) is 25.2 Å². The molecule has 0 aromatic heterocycles. The minimum absolute atomic E-state index is 0.0822. The summed E-state index contributed by atoms with van der Waals surface area (Å²) in [6.45, 7) is 2.74. The lowest BCUT2D eigenvalue weighted by molar-refractivity contribution is -0.125.